The molecule has 0 atom stereocenters. The van der Waals surface area contributed by atoms with Crippen molar-refractivity contribution < 1.29 is 8.42 Å². The Bertz CT molecular complexity index is 719. The second kappa shape index (κ2) is 6.26. The van der Waals surface area contributed by atoms with Crippen LogP contribution in [-0.4, -0.2) is 19.8 Å². The molecule has 106 valence electrons. The number of benzene rings is 2. The van der Waals surface area contributed by atoms with Crippen LogP contribution in [0, 0.1) is 0 Å². The van der Waals surface area contributed by atoms with Crippen molar-refractivity contribution >= 4 is 37.6 Å². The van der Waals surface area contributed by atoms with Crippen LogP contribution in [0.15, 0.2) is 57.9 Å². The molecule has 0 amide bonds. The minimum atomic E-state index is -3.60. The van der Waals surface area contributed by atoms with Gasteiger partial charge in [-0.3, -0.25) is 0 Å². The summed E-state index contributed by atoms with van der Waals surface area (Å²) in [4.78, 5) is 0.122. The van der Waals surface area contributed by atoms with Gasteiger partial charge in [0, 0.05) is 18.1 Å². The summed E-state index contributed by atoms with van der Waals surface area (Å²) >= 11 is 9.39. The molecule has 0 fully saturated rings. The van der Waals surface area contributed by atoms with Crippen molar-refractivity contribution in [3.05, 3.63) is 63.6 Å². The minimum Gasteiger partial charge on any atom is -0.207 e. The molecule has 3 nitrogen and oxygen atoms in total. The van der Waals surface area contributed by atoms with Gasteiger partial charge in [-0.2, -0.15) is 4.31 Å². The molecule has 0 unspecified atom stereocenters. The van der Waals surface area contributed by atoms with E-state index in [1.165, 1.54) is 17.4 Å². The largest absolute Gasteiger partial charge is 0.244 e. The fourth-order valence-corrected chi connectivity index (χ4v) is 3.82. The molecule has 2 aromatic carbocycles. The first kappa shape index (κ1) is 15.5. The summed E-state index contributed by atoms with van der Waals surface area (Å²) in [6.07, 6.45) is 0. The van der Waals surface area contributed by atoms with E-state index in [1.807, 2.05) is 24.3 Å². The Morgan fingerprint density at radius 2 is 1.70 bits per heavy atom. The highest BCUT2D eigenvalue weighted by Gasteiger charge is 2.23. The zero-order chi connectivity index (χ0) is 14.8. The topological polar surface area (TPSA) is 37.4 Å². The highest BCUT2D eigenvalue weighted by molar-refractivity contribution is 9.10. The second-order valence-corrected chi connectivity index (χ2v) is 7.56. The lowest BCUT2D eigenvalue weighted by molar-refractivity contribution is 0.466. The summed E-state index contributed by atoms with van der Waals surface area (Å²) in [5.74, 6) is 0. The average Bonchev–Trinajstić information content (AvgIpc) is 2.41. The smallest absolute Gasteiger partial charge is 0.207 e. The highest BCUT2D eigenvalue weighted by Crippen LogP contribution is 2.25. The zero-order valence-corrected chi connectivity index (χ0v) is 13.9. The van der Waals surface area contributed by atoms with Crippen molar-refractivity contribution in [1.82, 2.24) is 4.31 Å². The van der Waals surface area contributed by atoms with Crippen LogP contribution >= 0.6 is 27.5 Å². The van der Waals surface area contributed by atoms with Crippen LogP contribution in [0.1, 0.15) is 5.56 Å². The van der Waals surface area contributed by atoms with Gasteiger partial charge in [-0.05, 0) is 23.8 Å². The van der Waals surface area contributed by atoms with Gasteiger partial charge in [-0.15, -0.1) is 0 Å². The van der Waals surface area contributed by atoms with Crippen LogP contribution in [0.5, 0.6) is 0 Å². The van der Waals surface area contributed by atoms with E-state index in [9.17, 15) is 8.42 Å². The quantitative estimate of drug-likeness (QED) is 0.813. The number of sulfonamides is 1. The summed E-state index contributed by atoms with van der Waals surface area (Å²) in [6.45, 7) is 0.273. The van der Waals surface area contributed by atoms with Crippen molar-refractivity contribution in [2.45, 2.75) is 11.4 Å². The number of halogens is 2. The molecular weight excluding hydrogens is 362 g/mol. The molecule has 0 spiro atoms. The molecule has 2 aromatic rings. The van der Waals surface area contributed by atoms with Crippen molar-refractivity contribution in [2.75, 3.05) is 7.05 Å². The Balaban J connectivity index is 2.31. The molecule has 0 bridgehead atoms. The van der Waals surface area contributed by atoms with Gasteiger partial charge in [0.05, 0.1) is 5.02 Å². The lowest BCUT2D eigenvalue weighted by atomic mass is 10.2. The number of nitrogens with zero attached hydrogens (tertiary/aromatic N) is 1. The van der Waals surface area contributed by atoms with E-state index in [4.69, 9.17) is 11.6 Å². The Morgan fingerprint density at radius 3 is 2.35 bits per heavy atom. The van der Waals surface area contributed by atoms with Crippen LogP contribution in [0.2, 0.25) is 5.02 Å². The van der Waals surface area contributed by atoms with Gasteiger partial charge in [0.25, 0.3) is 0 Å². The van der Waals surface area contributed by atoms with Gasteiger partial charge >= 0.3 is 0 Å². The van der Waals surface area contributed by atoms with Gasteiger partial charge < -0.3 is 0 Å². The first-order valence-corrected chi connectivity index (χ1v) is 8.48. The lowest BCUT2D eigenvalue weighted by Crippen LogP contribution is -2.26. The highest BCUT2D eigenvalue weighted by atomic mass is 79.9. The molecule has 0 aliphatic rings. The summed E-state index contributed by atoms with van der Waals surface area (Å²) in [6, 6.07) is 14.0. The van der Waals surface area contributed by atoms with E-state index in [-0.39, 0.29) is 16.5 Å². The van der Waals surface area contributed by atoms with Crippen LogP contribution in [-0.2, 0) is 16.6 Å². The Kier molecular flexibility index (Phi) is 4.86. The molecule has 0 saturated carbocycles. The van der Waals surface area contributed by atoms with E-state index in [0.717, 1.165) is 10.0 Å². The number of hydrogen-bond acceptors (Lipinski definition) is 2. The predicted molar refractivity (Wildman–Crippen MR) is 84.2 cm³/mol. The van der Waals surface area contributed by atoms with E-state index >= 15 is 0 Å². The van der Waals surface area contributed by atoms with E-state index in [2.05, 4.69) is 15.9 Å². The van der Waals surface area contributed by atoms with Gasteiger partial charge in [0.15, 0.2) is 0 Å². The van der Waals surface area contributed by atoms with Gasteiger partial charge in [0.2, 0.25) is 10.0 Å². The normalized spacial score (nSPS) is 11.8. The van der Waals surface area contributed by atoms with Crippen LogP contribution in [0.3, 0.4) is 0 Å². The molecule has 6 heteroatoms. The SMILES string of the molecule is CN(Cc1ccccc1Br)S(=O)(=O)c1ccccc1Cl. The van der Waals surface area contributed by atoms with Crippen molar-refractivity contribution in [3.8, 4) is 0 Å². The third-order valence-electron chi connectivity index (χ3n) is 2.88. The maximum atomic E-state index is 12.5. The molecule has 0 aromatic heterocycles. The Labute approximate surface area is 132 Å². The molecular formula is C14H13BrClNO2S. The summed E-state index contributed by atoms with van der Waals surface area (Å²) < 4.78 is 27.2. The van der Waals surface area contributed by atoms with Crippen LogP contribution in [0.25, 0.3) is 0 Å². The molecule has 0 N–H and O–H groups in total. The maximum Gasteiger partial charge on any atom is 0.244 e. The lowest BCUT2D eigenvalue weighted by Gasteiger charge is -2.18. The van der Waals surface area contributed by atoms with E-state index < -0.39 is 10.0 Å². The summed E-state index contributed by atoms with van der Waals surface area (Å²) in [5, 5.41) is 0.228. The van der Waals surface area contributed by atoms with Crippen molar-refractivity contribution in [3.63, 3.8) is 0 Å². The molecule has 0 aliphatic heterocycles. The zero-order valence-electron chi connectivity index (χ0n) is 10.8. The fraction of sp³-hybridized carbons (Fsp3) is 0.143. The summed E-state index contributed by atoms with van der Waals surface area (Å²) in [5.41, 5.74) is 0.894. The van der Waals surface area contributed by atoms with Gasteiger partial charge in [-0.25, -0.2) is 8.42 Å². The number of rotatable bonds is 4. The molecule has 0 heterocycles. The first-order chi connectivity index (χ1) is 9.43. The number of hydrogen-bond donors (Lipinski definition) is 0. The van der Waals surface area contributed by atoms with Crippen molar-refractivity contribution in [1.29, 1.82) is 0 Å². The third kappa shape index (κ3) is 3.23. The molecule has 0 aliphatic carbocycles. The molecule has 20 heavy (non-hydrogen) atoms. The van der Waals surface area contributed by atoms with E-state index in [0.29, 0.717) is 0 Å². The third-order valence-corrected chi connectivity index (χ3v) is 5.95. The first-order valence-electron chi connectivity index (χ1n) is 5.87. The second-order valence-electron chi connectivity index (χ2n) is 4.28. The summed E-state index contributed by atoms with van der Waals surface area (Å²) in [7, 11) is -2.06. The molecule has 0 radical (unpaired) electrons. The van der Waals surface area contributed by atoms with Crippen LogP contribution < -0.4 is 0 Å². The standard InChI is InChI=1S/C14H13BrClNO2S/c1-17(10-11-6-2-3-7-12(11)15)20(18,19)14-9-5-4-8-13(14)16/h2-9H,10H2,1H3. The fourth-order valence-electron chi connectivity index (χ4n) is 1.77. The van der Waals surface area contributed by atoms with E-state index in [1.54, 1.807) is 18.2 Å². The minimum absolute atomic E-state index is 0.122. The molecule has 0 saturated heterocycles. The Morgan fingerprint density at radius 1 is 1.10 bits per heavy atom. The van der Waals surface area contributed by atoms with Crippen LogP contribution in [0.4, 0.5) is 0 Å². The van der Waals surface area contributed by atoms with Crippen molar-refractivity contribution in [2.24, 2.45) is 0 Å². The predicted octanol–water partition coefficient (Wildman–Crippen LogP) is 3.92. The van der Waals surface area contributed by atoms with Gasteiger partial charge in [0.1, 0.15) is 4.90 Å². The average molecular weight is 375 g/mol. The maximum absolute atomic E-state index is 12.5. The molecule has 2 rings (SSSR count). The monoisotopic (exact) mass is 373 g/mol. The van der Waals surface area contributed by atoms with Gasteiger partial charge in [-0.1, -0.05) is 57.9 Å². The Hall–Kier alpha value is -0.880.